The van der Waals surface area contributed by atoms with Crippen molar-refractivity contribution in [3.05, 3.63) is 71.8 Å². The number of rotatable bonds is 3. The molecule has 2 fully saturated rings. The molecule has 0 aliphatic carbocycles. The van der Waals surface area contributed by atoms with Crippen molar-refractivity contribution < 1.29 is 14.7 Å². The summed E-state index contributed by atoms with van der Waals surface area (Å²) in [5.41, 5.74) is 1.85. The van der Waals surface area contributed by atoms with Crippen molar-refractivity contribution in [1.82, 2.24) is 15.5 Å². The number of nitrogens with zero attached hydrogens (tertiary/aromatic N) is 1. The molecule has 0 radical (unpaired) electrons. The summed E-state index contributed by atoms with van der Waals surface area (Å²) in [4.78, 5) is 27.7. The van der Waals surface area contributed by atoms with E-state index in [1.165, 1.54) is 0 Å². The first-order chi connectivity index (χ1) is 15.1. The van der Waals surface area contributed by atoms with Crippen LogP contribution in [-0.2, 0) is 9.59 Å². The van der Waals surface area contributed by atoms with E-state index in [0.717, 1.165) is 30.5 Å². The van der Waals surface area contributed by atoms with E-state index in [1.54, 1.807) is 0 Å². The third-order valence-electron chi connectivity index (χ3n) is 6.44. The van der Waals surface area contributed by atoms with Crippen LogP contribution in [0.2, 0.25) is 0 Å². The number of amides is 2. The van der Waals surface area contributed by atoms with Crippen LogP contribution in [0.1, 0.15) is 42.5 Å². The molecule has 2 aromatic carbocycles. The Balaban J connectivity index is 1.50. The molecule has 4 atom stereocenters. The molecule has 0 saturated carbocycles. The minimum atomic E-state index is -0.868. The number of aliphatic hydroxyl groups is 1. The van der Waals surface area contributed by atoms with Crippen molar-refractivity contribution in [1.29, 1.82) is 0 Å². The van der Waals surface area contributed by atoms with E-state index in [4.69, 9.17) is 0 Å². The molecule has 6 heteroatoms. The summed E-state index contributed by atoms with van der Waals surface area (Å²) in [6.45, 7) is 2.42. The number of nitrogens with one attached hydrogen (secondary N) is 2. The van der Waals surface area contributed by atoms with Gasteiger partial charge in [0, 0.05) is 38.0 Å². The zero-order valence-corrected chi connectivity index (χ0v) is 17.7. The second-order valence-electron chi connectivity index (χ2n) is 8.56. The van der Waals surface area contributed by atoms with Crippen molar-refractivity contribution in [2.75, 3.05) is 26.2 Å². The zero-order chi connectivity index (χ0) is 21.6. The van der Waals surface area contributed by atoms with Gasteiger partial charge in [-0.1, -0.05) is 60.7 Å². The van der Waals surface area contributed by atoms with Crippen molar-refractivity contribution in [2.45, 2.75) is 31.4 Å². The van der Waals surface area contributed by atoms with Crippen LogP contribution in [0.3, 0.4) is 0 Å². The van der Waals surface area contributed by atoms with Gasteiger partial charge in [0.2, 0.25) is 11.8 Å². The average Bonchev–Trinajstić information content (AvgIpc) is 3.12. The first-order valence-corrected chi connectivity index (χ1v) is 11.2. The van der Waals surface area contributed by atoms with Gasteiger partial charge in [-0.25, -0.2) is 0 Å². The summed E-state index contributed by atoms with van der Waals surface area (Å²) in [5, 5.41) is 17.5. The summed E-state index contributed by atoms with van der Waals surface area (Å²) in [7, 11) is 0. The van der Waals surface area contributed by atoms with Gasteiger partial charge in [-0.3, -0.25) is 9.59 Å². The maximum absolute atomic E-state index is 13.1. The normalized spacial score (nSPS) is 26.4. The first kappa shape index (κ1) is 21.5. The van der Waals surface area contributed by atoms with Crippen LogP contribution >= 0.6 is 0 Å². The molecule has 4 rings (SSSR count). The van der Waals surface area contributed by atoms with Crippen LogP contribution in [0, 0.1) is 11.8 Å². The monoisotopic (exact) mass is 421 g/mol. The predicted molar refractivity (Wildman–Crippen MR) is 119 cm³/mol. The van der Waals surface area contributed by atoms with E-state index in [0.29, 0.717) is 26.1 Å². The molecule has 0 spiro atoms. The zero-order valence-electron chi connectivity index (χ0n) is 17.7. The lowest BCUT2D eigenvalue weighted by Crippen LogP contribution is -2.37. The summed E-state index contributed by atoms with van der Waals surface area (Å²) >= 11 is 0. The van der Waals surface area contributed by atoms with Gasteiger partial charge >= 0.3 is 0 Å². The molecule has 31 heavy (non-hydrogen) atoms. The van der Waals surface area contributed by atoms with Crippen molar-refractivity contribution in [3.8, 4) is 0 Å². The molecule has 2 aliphatic heterocycles. The van der Waals surface area contributed by atoms with Gasteiger partial charge < -0.3 is 20.6 Å². The minimum Gasteiger partial charge on any atom is -0.388 e. The summed E-state index contributed by atoms with van der Waals surface area (Å²) in [5.74, 6) is -0.702. The maximum atomic E-state index is 13.1. The molecule has 0 aromatic heterocycles. The lowest BCUT2D eigenvalue weighted by Gasteiger charge is -2.24. The second kappa shape index (κ2) is 10.1. The van der Waals surface area contributed by atoms with Crippen LogP contribution in [-0.4, -0.2) is 48.0 Å². The van der Waals surface area contributed by atoms with E-state index in [2.05, 4.69) is 10.6 Å². The third-order valence-corrected chi connectivity index (χ3v) is 6.44. The molecule has 2 saturated heterocycles. The molecule has 0 unspecified atom stereocenters. The average molecular weight is 422 g/mol. The molecular formula is C25H31N3O3. The van der Waals surface area contributed by atoms with Gasteiger partial charge in [0.1, 0.15) is 0 Å². The van der Waals surface area contributed by atoms with Gasteiger partial charge in [-0.05, 0) is 30.5 Å². The summed E-state index contributed by atoms with van der Waals surface area (Å²) < 4.78 is 0. The fourth-order valence-electron chi connectivity index (χ4n) is 4.74. The van der Waals surface area contributed by atoms with Crippen LogP contribution in [0.15, 0.2) is 60.7 Å². The molecule has 2 amide bonds. The smallest absolute Gasteiger partial charge is 0.229 e. The molecule has 3 N–H and O–H groups in total. The maximum Gasteiger partial charge on any atom is 0.229 e. The topological polar surface area (TPSA) is 81.7 Å². The Bertz CT molecular complexity index is 874. The number of carbonyl (C=O) groups is 2. The lowest BCUT2D eigenvalue weighted by molar-refractivity contribution is -0.135. The first-order valence-electron chi connectivity index (χ1n) is 11.2. The van der Waals surface area contributed by atoms with Gasteiger partial charge in [-0.15, -0.1) is 0 Å². The molecule has 2 bridgehead atoms. The highest BCUT2D eigenvalue weighted by molar-refractivity contribution is 5.82. The van der Waals surface area contributed by atoms with E-state index in [9.17, 15) is 14.7 Å². The van der Waals surface area contributed by atoms with Gasteiger partial charge in [0.25, 0.3) is 0 Å². The number of aliphatic hydroxyl groups excluding tert-OH is 1. The van der Waals surface area contributed by atoms with Crippen molar-refractivity contribution in [2.24, 2.45) is 11.8 Å². The fourth-order valence-corrected chi connectivity index (χ4v) is 4.74. The van der Waals surface area contributed by atoms with Crippen LogP contribution in [0.4, 0.5) is 0 Å². The number of hydrogen-bond donors (Lipinski definition) is 3. The molecule has 2 heterocycles. The Morgan fingerprint density at radius 1 is 0.968 bits per heavy atom. The Kier molecular flexibility index (Phi) is 6.99. The second-order valence-corrected chi connectivity index (χ2v) is 8.56. The van der Waals surface area contributed by atoms with Crippen LogP contribution in [0.25, 0.3) is 0 Å². The SMILES string of the molecule is O=C1C[C@@H](c2ccccc2)NCCCCN2C[C@H](CN1)[C@@H]([C@@H](O)c1ccccc1)C2=O. The van der Waals surface area contributed by atoms with Gasteiger partial charge in [0.05, 0.1) is 12.0 Å². The molecule has 164 valence electrons. The molecule has 2 aromatic rings. The fraction of sp³-hybridized carbons (Fsp3) is 0.440. The highest BCUT2D eigenvalue weighted by atomic mass is 16.3. The Labute approximate surface area is 183 Å². The van der Waals surface area contributed by atoms with Crippen molar-refractivity contribution in [3.63, 3.8) is 0 Å². The highest BCUT2D eigenvalue weighted by Crippen LogP contribution is 2.35. The molecule has 2 aliphatic rings. The Morgan fingerprint density at radius 3 is 2.42 bits per heavy atom. The van der Waals surface area contributed by atoms with Crippen molar-refractivity contribution >= 4 is 11.8 Å². The molecular weight excluding hydrogens is 390 g/mol. The summed E-state index contributed by atoms with van der Waals surface area (Å²) in [6, 6.07) is 19.3. The third kappa shape index (κ3) is 5.14. The van der Waals surface area contributed by atoms with Crippen LogP contribution in [0.5, 0.6) is 0 Å². The van der Waals surface area contributed by atoms with E-state index in [-0.39, 0.29) is 23.8 Å². The van der Waals surface area contributed by atoms with Crippen LogP contribution < -0.4 is 10.6 Å². The van der Waals surface area contributed by atoms with E-state index in [1.807, 2.05) is 65.6 Å². The standard InChI is InChI=1S/C25H31N3O3/c29-22-15-21(18-9-3-1-4-10-18)26-13-7-8-14-28-17-20(16-27-22)23(25(28)31)24(30)19-11-5-2-6-12-19/h1-6,9-12,20-21,23-24,26,30H,7-8,13-17H2,(H,27,29)/t20-,21-,23-,24-/m0/s1. The largest absolute Gasteiger partial charge is 0.388 e. The van der Waals surface area contributed by atoms with E-state index >= 15 is 0 Å². The van der Waals surface area contributed by atoms with Gasteiger partial charge in [-0.2, -0.15) is 0 Å². The molecule has 6 nitrogen and oxygen atoms in total. The number of benzene rings is 2. The minimum absolute atomic E-state index is 0.0113. The Hall–Kier alpha value is -2.70. The highest BCUT2D eigenvalue weighted by Gasteiger charge is 2.44. The number of hydrogen-bond acceptors (Lipinski definition) is 4. The Morgan fingerprint density at radius 2 is 1.68 bits per heavy atom. The van der Waals surface area contributed by atoms with Gasteiger partial charge in [0.15, 0.2) is 0 Å². The lowest BCUT2D eigenvalue weighted by atomic mass is 9.86. The van der Waals surface area contributed by atoms with E-state index < -0.39 is 12.0 Å². The number of fused-ring (bicyclic) bond motifs is 2. The number of carbonyl (C=O) groups excluding carboxylic acids is 2. The predicted octanol–water partition coefficient (Wildman–Crippen LogP) is 2.43. The quantitative estimate of drug-likeness (QED) is 0.711. The summed E-state index contributed by atoms with van der Waals surface area (Å²) in [6.07, 6.45) is 1.29.